The fraction of sp³-hybridized carbons (Fsp3) is 0.130. The molecule has 9 heteroatoms. The van der Waals surface area contributed by atoms with Gasteiger partial charge in [0.05, 0.1) is 27.8 Å². The van der Waals surface area contributed by atoms with Gasteiger partial charge in [-0.25, -0.2) is 4.79 Å². The van der Waals surface area contributed by atoms with Crippen LogP contribution in [-0.4, -0.2) is 23.4 Å². The van der Waals surface area contributed by atoms with Gasteiger partial charge in [0.1, 0.15) is 5.75 Å². The fourth-order valence-corrected chi connectivity index (χ4v) is 3.10. The molecular weight excluding hydrogens is 436 g/mol. The average molecular weight is 455 g/mol. The number of nitro benzene ring substituents is 1. The van der Waals surface area contributed by atoms with Crippen LogP contribution in [0.3, 0.4) is 0 Å². The molecule has 8 nitrogen and oxygen atoms in total. The van der Waals surface area contributed by atoms with E-state index in [0.29, 0.717) is 23.6 Å². The van der Waals surface area contributed by atoms with E-state index in [0.717, 1.165) is 6.07 Å². The van der Waals surface area contributed by atoms with Gasteiger partial charge in [-0.1, -0.05) is 54.1 Å². The van der Waals surface area contributed by atoms with Crippen LogP contribution >= 0.6 is 11.6 Å². The molecule has 0 spiro atoms. The Bertz CT molecular complexity index is 1140. The number of benzene rings is 3. The van der Waals surface area contributed by atoms with E-state index in [-0.39, 0.29) is 16.3 Å². The highest BCUT2D eigenvalue weighted by Crippen LogP contribution is 2.29. The molecule has 1 N–H and O–H groups in total. The van der Waals surface area contributed by atoms with Crippen LogP contribution in [-0.2, 0) is 9.53 Å². The largest absolute Gasteiger partial charge is 0.492 e. The third kappa shape index (κ3) is 5.41. The van der Waals surface area contributed by atoms with Crippen LogP contribution in [0.5, 0.6) is 5.75 Å². The first kappa shape index (κ1) is 22.8. The number of nitro groups is 1. The van der Waals surface area contributed by atoms with Crippen molar-refractivity contribution in [1.82, 2.24) is 0 Å². The summed E-state index contributed by atoms with van der Waals surface area (Å²) in [6.45, 7) is 2.21. The van der Waals surface area contributed by atoms with E-state index < -0.39 is 22.9 Å². The summed E-state index contributed by atoms with van der Waals surface area (Å²) in [5.74, 6) is -1.14. The molecular formula is C23H19ClN2O6. The van der Waals surface area contributed by atoms with Gasteiger partial charge in [-0.15, -0.1) is 0 Å². The average Bonchev–Trinajstić information content (AvgIpc) is 2.79. The number of esters is 1. The number of carbonyl (C=O) groups excluding carboxylic acids is 2. The van der Waals surface area contributed by atoms with Gasteiger partial charge < -0.3 is 14.8 Å². The van der Waals surface area contributed by atoms with Crippen molar-refractivity contribution in [1.29, 1.82) is 0 Å². The number of non-ortho nitro benzene ring substituents is 1. The molecule has 164 valence electrons. The van der Waals surface area contributed by atoms with Gasteiger partial charge in [0.2, 0.25) is 6.10 Å². The van der Waals surface area contributed by atoms with Gasteiger partial charge in [0, 0.05) is 17.7 Å². The quantitative estimate of drug-likeness (QED) is 0.285. The Hall–Kier alpha value is -3.91. The molecule has 0 radical (unpaired) electrons. The van der Waals surface area contributed by atoms with Gasteiger partial charge in [-0.05, 0) is 25.1 Å². The van der Waals surface area contributed by atoms with E-state index in [2.05, 4.69) is 5.32 Å². The zero-order chi connectivity index (χ0) is 23.1. The van der Waals surface area contributed by atoms with Crippen molar-refractivity contribution in [2.75, 3.05) is 11.9 Å². The molecule has 0 saturated carbocycles. The number of halogens is 1. The number of amides is 1. The van der Waals surface area contributed by atoms with Crippen LogP contribution in [0.1, 0.15) is 28.9 Å². The SMILES string of the molecule is CCOc1ccccc1NC(=O)[C@H](OC(=O)c1cc([N+](=O)[O-])ccc1Cl)c1ccccc1. The van der Waals surface area contributed by atoms with Crippen molar-refractivity contribution >= 4 is 34.9 Å². The molecule has 0 saturated heterocycles. The first-order chi connectivity index (χ1) is 15.4. The summed E-state index contributed by atoms with van der Waals surface area (Å²) in [7, 11) is 0. The number of anilines is 1. The smallest absolute Gasteiger partial charge is 0.341 e. The van der Waals surface area contributed by atoms with E-state index in [1.165, 1.54) is 12.1 Å². The lowest BCUT2D eigenvalue weighted by atomic mass is 10.1. The predicted octanol–water partition coefficient (Wildman–Crippen LogP) is 5.18. The maximum atomic E-state index is 13.1. The molecule has 0 fully saturated rings. The number of ether oxygens (including phenoxy) is 2. The highest BCUT2D eigenvalue weighted by molar-refractivity contribution is 6.33. The molecule has 0 aliphatic heterocycles. The Labute approximate surface area is 188 Å². The number of hydrogen-bond acceptors (Lipinski definition) is 6. The standard InChI is InChI=1S/C23H19ClN2O6/c1-2-31-20-11-7-6-10-19(20)25-22(27)21(15-8-4-3-5-9-15)32-23(28)17-14-16(26(29)30)12-13-18(17)24/h3-14,21H,2H2,1H3,(H,25,27)/t21-/m1/s1. The molecule has 3 rings (SSSR count). The Morgan fingerprint density at radius 2 is 1.75 bits per heavy atom. The Kier molecular flexibility index (Phi) is 7.41. The van der Waals surface area contributed by atoms with E-state index in [4.69, 9.17) is 21.1 Å². The van der Waals surface area contributed by atoms with Crippen molar-refractivity contribution in [3.8, 4) is 5.75 Å². The summed E-state index contributed by atoms with van der Waals surface area (Å²) >= 11 is 6.05. The second kappa shape index (κ2) is 10.4. The molecule has 0 aliphatic rings. The van der Waals surface area contributed by atoms with Crippen LogP contribution in [0.2, 0.25) is 5.02 Å². The van der Waals surface area contributed by atoms with Gasteiger partial charge in [0.15, 0.2) is 0 Å². The monoisotopic (exact) mass is 454 g/mol. The molecule has 0 aliphatic carbocycles. The minimum Gasteiger partial charge on any atom is -0.492 e. The summed E-state index contributed by atoms with van der Waals surface area (Å²) in [6.07, 6.45) is -1.34. The van der Waals surface area contributed by atoms with Crippen LogP contribution in [0.25, 0.3) is 0 Å². The Morgan fingerprint density at radius 3 is 2.44 bits per heavy atom. The second-order valence-electron chi connectivity index (χ2n) is 6.54. The molecule has 3 aromatic rings. The third-order valence-electron chi connectivity index (χ3n) is 4.39. The minimum atomic E-state index is -1.34. The maximum absolute atomic E-state index is 13.1. The van der Waals surface area contributed by atoms with Crippen LogP contribution < -0.4 is 10.1 Å². The lowest BCUT2D eigenvalue weighted by Gasteiger charge is -2.19. The lowest BCUT2D eigenvalue weighted by Crippen LogP contribution is -2.26. The zero-order valence-electron chi connectivity index (χ0n) is 17.0. The third-order valence-corrected chi connectivity index (χ3v) is 4.72. The maximum Gasteiger partial charge on any atom is 0.341 e. The summed E-state index contributed by atoms with van der Waals surface area (Å²) in [5, 5.41) is 13.7. The van der Waals surface area contributed by atoms with Gasteiger partial charge >= 0.3 is 5.97 Å². The van der Waals surface area contributed by atoms with Crippen molar-refractivity contribution < 1.29 is 24.0 Å². The first-order valence-electron chi connectivity index (χ1n) is 9.63. The molecule has 32 heavy (non-hydrogen) atoms. The van der Waals surface area contributed by atoms with Crippen LogP contribution in [0, 0.1) is 10.1 Å². The van der Waals surface area contributed by atoms with Crippen LogP contribution in [0.4, 0.5) is 11.4 Å². The topological polar surface area (TPSA) is 108 Å². The van der Waals surface area contributed by atoms with Crippen molar-refractivity contribution in [3.63, 3.8) is 0 Å². The first-order valence-corrected chi connectivity index (χ1v) is 10.0. The summed E-state index contributed by atoms with van der Waals surface area (Å²) in [5.41, 5.74) is 0.274. The van der Waals surface area contributed by atoms with Crippen molar-refractivity contribution in [2.45, 2.75) is 13.0 Å². The van der Waals surface area contributed by atoms with E-state index >= 15 is 0 Å². The van der Waals surface area contributed by atoms with E-state index in [1.54, 1.807) is 54.6 Å². The molecule has 1 amide bonds. The number of carbonyl (C=O) groups is 2. The Morgan fingerprint density at radius 1 is 1.06 bits per heavy atom. The van der Waals surface area contributed by atoms with Crippen LogP contribution in [0.15, 0.2) is 72.8 Å². The number of hydrogen-bond donors (Lipinski definition) is 1. The zero-order valence-corrected chi connectivity index (χ0v) is 17.7. The number of nitrogens with zero attached hydrogens (tertiary/aromatic N) is 1. The lowest BCUT2D eigenvalue weighted by molar-refractivity contribution is -0.384. The molecule has 0 heterocycles. The molecule has 0 unspecified atom stereocenters. The highest BCUT2D eigenvalue weighted by Gasteiger charge is 2.28. The molecule has 1 atom stereocenters. The second-order valence-corrected chi connectivity index (χ2v) is 6.94. The number of nitrogens with one attached hydrogen (secondary N) is 1. The minimum absolute atomic E-state index is 0.0329. The van der Waals surface area contributed by atoms with Gasteiger partial charge in [-0.2, -0.15) is 0 Å². The van der Waals surface area contributed by atoms with Gasteiger partial charge in [0.25, 0.3) is 11.6 Å². The summed E-state index contributed by atoms with van der Waals surface area (Å²) in [6, 6.07) is 18.6. The van der Waals surface area contributed by atoms with Gasteiger partial charge in [-0.3, -0.25) is 14.9 Å². The number of rotatable bonds is 8. The summed E-state index contributed by atoms with van der Waals surface area (Å²) < 4.78 is 11.0. The molecule has 0 bridgehead atoms. The normalized spacial score (nSPS) is 11.3. The fourth-order valence-electron chi connectivity index (χ4n) is 2.90. The van der Waals surface area contributed by atoms with E-state index in [9.17, 15) is 19.7 Å². The van der Waals surface area contributed by atoms with Crippen molar-refractivity contribution in [2.24, 2.45) is 0 Å². The number of para-hydroxylation sites is 2. The highest BCUT2D eigenvalue weighted by atomic mass is 35.5. The molecule has 0 aromatic heterocycles. The van der Waals surface area contributed by atoms with E-state index in [1.807, 2.05) is 6.92 Å². The summed E-state index contributed by atoms with van der Waals surface area (Å²) in [4.78, 5) is 36.3. The predicted molar refractivity (Wildman–Crippen MR) is 119 cm³/mol. The van der Waals surface area contributed by atoms with Crippen molar-refractivity contribution in [3.05, 3.63) is 99.1 Å². The molecule has 3 aromatic carbocycles. The Balaban J connectivity index is 1.91.